The average molecular weight is 433 g/mol. The maximum atomic E-state index is 13.0. The lowest BCUT2D eigenvalue weighted by Gasteiger charge is -2.35. The molecule has 1 atom stereocenters. The molecule has 0 aliphatic carbocycles. The third kappa shape index (κ3) is 4.94. The number of benzene rings is 2. The number of rotatable bonds is 7. The molecule has 162 valence electrons. The smallest absolute Gasteiger partial charge is 0.263 e. The minimum atomic E-state index is -3.56. The number of nitrogens with zero attached hydrogens (tertiary/aromatic N) is 2. The summed E-state index contributed by atoms with van der Waals surface area (Å²) in [5.74, 6) is 1.09. The van der Waals surface area contributed by atoms with Gasteiger partial charge in [-0.05, 0) is 37.6 Å². The van der Waals surface area contributed by atoms with Crippen LogP contribution in [0.15, 0.2) is 53.4 Å². The lowest BCUT2D eigenvalue weighted by molar-refractivity contribution is -0.140. The number of hydrogen-bond acceptors (Lipinski definition) is 5. The second-order valence-corrected chi connectivity index (χ2v) is 9.17. The zero-order valence-electron chi connectivity index (χ0n) is 17.6. The summed E-state index contributed by atoms with van der Waals surface area (Å²) in [5, 5.41) is 0. The summed E-state index contributed by atoms with van der Waals surface area (Å²) in [6.07, 6.45) is -0.116. The Hall–Kier alpha value is -2.58. The van der Waals surface area contributed by atoms with Crippen LogP contribution in [0.4, 0.5) is 0 Å². The highest BCUT2D eigenvalue weighted by Crippen LogP contribution is 2.22. The molecule has 0 saturated carbocycles. The molecule has 30 heavy (non-hydrogen) atoms. The Morgan fingerprint density at radius 3 is 2.27 bits per heavy atom. The van der Waals surface area contributed by atoms with Crippen molar-refractivity contribution >= 4 is 15.9 Å². The fourth-order valence-electron chi connectivity index (χ4n) is 3.36. The Bertz CT molecular complexity index is 967. The van der Waals surface area contributed by atoms with Crippen LogP contribution in [-0.2, 0) is 14.8 Å². The maximum Gasteiger partial charge on any atom is 0.263 e. The van der Waals surface area contributed by atoms with Crippen LogP contribution in [0.2, 0.25) is 0 Å². The van der Waals surface area contributed by atoms with Gasteiger partial charge >= 0.3 is 0 Å². The van der Waals surface area contributed by atoms with E-state index in [1.54, 1.807) is 54.5 Å². The minimum absolute atomic E-state index is 0.132. The number of piperazine rings is 1. The van der Waals surface area contributed by atoms with Gasteiger partial charge in [0.05, 0.1) is 12.0 Å². The van der Waals surface area contributed by atoms with E-state index in [4.69, 9.17) is 9.47 Å². The van der Waals surface area contributed by atoms with E-state index in [9.17, 15) is 13.2 Å². The van der Waals surface area contributed by atoms with Crippen LogP contribution in [-0.4, -0.2) is 62.9 Å². The van der Waals surface area contributed by atoms with Gasteiger partial charge in [-0.1, -0.05) is 30.7 Å². The normalized spacial score (nSPS) is 16.2. The average Bonchev–Trinajstić information content (AvgIpc) is 2.77. The first-order chi connectivity index (χ1) is 14.3. The molecule has 8 heteroatoms. The molecule has 2 aromatic carbocycles. The van der Waals surface area contributed by atoms with Crippen LogP contribution in [0.25, 0.3) is 0 Å². The Labute approximate surface area is 178 Å². The molecule has 1 amide bonds. The highest BCUT2D eigenvalue weighted by molar-refractivity contribution is 7.89. The van der Waals surface area contributed by atoms with Gasteiger partial charge in [-0.25, -0.2) is 8.42 Å². The van der Waals surface area contributed by atoms with Crippen LogP contribution in [0.5, 0.6) is 11.5 Å². The van der Waals surface area contributed by atoms with E-state index in [0.717, 1.165) is 5.56 Å². The first-order valence-corrected chi connectivity index (χ1v) is 11.5. The quantitative estimate of drug-likeness (QED) is 0.672. The van der Waals surface area contributed by atoms with Crippen LogP contribution in [0, 0.1) is 6.92 Å². The molecule has 0 spiro atoms. The topological polar surface area (TPSA) is 76.2 Å². The van der Waals surface area contributed by atoms with Gasteiger partial charge in [0.2, 0.25) is 10.0 Å². The molecule has 1 fully saturated rings. The highest BCUT2D eigenvalue weighted by Gasteiger charge is 2.32. The predicted octanol–water partition coefficient (Wildman–Crippen LogP) is 2.69. The Kier molecular flexibility index (Phi) is 6.99. The summed E-state index contributed by atoms with van der Waals surface area (Å²) < 4.78 is 38.2. The van der Waals surface area contributed by atoms with Crippen LogP contribution >= 0.6 is 0 Å². The van der Waals surface area contributed by atoms with Crippen molar-refractivity contribution < 1.29 is 22.7 Å². The molecule has 0 bridgehead atoms. The van der Waals surface area contributed by atoms with Crippen molar-refractivity contribution in [3.63, 3.8) is 0 Å². The van der Waals surface area contributed by atoms with Gasteiger partial charge in [0, 0.05) is 32.2 Å². The van der Waals surface area contributed by atoms with E-state index in [2.05, 4.69) is 0 Å². The standard InChI is InChI=1S/C22H28N2O5S/c1-4-21(29-19-7-5-6-18(16-19)28-3)22(25)23-12-14-24(15-13-23)30(26,27)20-10-8-17(2)9-11-20/h5-11,16,21H,4,12-15H2,1-3H3. The Balaban J connectivity index is 1.62. The molecule has 1 saturated heterocycles. The van der Waals surface area contributed by atoms with Crippen molar-refractivity contribution in [3.8, 4) is 11.5 Å². The maximum absolute atomic E-state index is 13.0. The number of hydrogen-bond donors (Lipinski definition) is 0. The largest absolute Gasteiger partial charge is 0.497 e. The number of amides is 1. The fourth-order valence-corrected chi connectivity index (χ4v) is 4.78. The molecule has 0 radical (unpaired) electrons. The molecule has 1 aliphatic heterocycles. The first kappa shape index (κ1) is 22.1. The molecule has 1 unspecified atom stereocenters. The van der Waals surface area contributed by atoms with Crippen LogP contribution < -0.4 is 9.47 Å². The molecular formula is C22H28N2O5S. The summed E-state index contributed by atoms with van der Waals surface area (Å²) in [4.78, 5) is 14.9. The number of aryl methyl sites for hydroxylation is 1. The molecule has 0 N–H and O–H groups in total. The van der Waals surface area contributed by atoms with Crippen LogP contribution in [0.1, 0.15) is 18.9 Å². The monoisotopic (exact) mass is 432 g/mol. The van der Waals surface area contributed by atoms with Gasteiger partial charge in [-0.3, -0.25) is 4.79 Å². The molecular weight excluding hydrogens is 404 g/mol. The summed E-state index contributed by atoms with van der Waals surface area (Å²) in [7, 11) is -1.98. The van der Waals surface area contributed by atoms with Crippen molar-refractivity contribution in [2.24, 2.45) is 0 Å². The number of sulfonamides is 1. The number of carbonyl (C=O) groups excluding carboxylic acids is 1. The van der Waals surface area contributed by atoms with E-state index in [0.29, 0.717) is 31.0 Å². The van der Waals surface area contributed by atoms with Gasteiger partial charge in [-0.15, -0.1) is 0 Å². The van der Waals surface area contributed by atoms with Gasteiger partial charge in [-0.2, -0.15) is 4.31 Å². The van der Waals surface area contributed by atoms with Gasteiger partial charge < -0.3 is 14.4 Å². The second-order valence-electron chi connectivity index (χ2n) is 7.24. The van der Waals surface area contributed by atoms with Gasteiger partial charge in [0.25, 0.3) is 5.91 Å². The molecule has 0 aromatic heterocycles. The molecule has 3 rings (SSSR count). The van der Waals surface area contributed by atoms with Gasteiger partial charge in [0.15, 0.2) is 6.10 Å². The lowest BCUT2D eigenvalue weighted by Crippen LogP contribution is -2.53. The van der Waals surface area contributed by atoms with E-state index in [1.807, 2.05) is 19.9 Å². The Morgan fingerprint density at radius 2 is 1.67 bits per heavy atom. The van der Waals surface area contributed by atoms with E-state index < -0.39 is 16.1 Å². The number of carbonyl (C=O) groups is 1. The predicted molar refractivity (Wildman–Crippen MR) is 114 cm³/mol. The van der Waals surface area contributed by atoms with Crippen molar-refractivity contribution in [3.05, 3.63) is 54.1 Å². The second kappa shape index (κ2) is 9.49. The molecule has 2 aromatic rings. The summed E-state index contributed by atoms with van der Waals surface area (Å²) in [6.45, 7) is 5.00. The lowest BCUT2D eigenvalue weighted by atomic mass is 10.2. The van der Waals surface area contributed by atoms with E-state index in [-0.39, 0.29) is 23.9 Å². The zero-order chi connectivity index (χ0) is 21.7. The third-order valence-electron chi connectivity index (χ3n) is 5.17. The highest BCUT2D eigenvalue weighted by atomic mass is 32.2. The number of methoxy groups -OCH3 is 1. The van der Waals surface area contributed by atoms with E-state index >= 15 is 0 Å². The van der Waals surface area contributed by atoms with Crippen molar-refractivity contribution in [2.45, 2.75) is 31.3 Å². The molecule has 1 aliphatic rings. The van der Waals surface area contributed by atoms with E-state index in [1.165, 1.54) is 4.31 Å². The summed E-state index contributed by atoms with van der Waals surface area (Å²) >= 11 is 0. The fraction of sp³-hybridized carbons (Fsp3) is 0.409. The van der Waals surface area contributed by atoms with Gasteiger partial charge in [0.1, 0.15) is 11.5 Å². The van der Waals surface area contributed by atoms with Crippen LogP contribution in [0.3, 0.4) is 0 Å². The summed E-state index contributed by atoms with van der Waals surface area (Å²) in [5.41, 5.74) is 1.01. The minimum Gasteiger partial charge on any atom is -0.497 e. The van der Waals surface area contributed by atoms with Crippen molar-refractivity contribution in [1.82, 2.24) is 9.21 Å². The Morgan fingerprint density at radius 1 is 1.03 bits per heavy atom. The molecule has 7 nitrogen and oxygen atoms in total. The first-order valence-electron chi connectivity index (χ1n) is 10.0. The zero-order valence-corrected chi connectivity index (χ0v) is 18.4. The summed E-state index contributed by atoms with van der Waals surface area (Å²) in [6, 6.07) is 14.0. The SMILES string of the molecule is CCC(Oc1cccc(OC)c1)C(=O)N1CCN(S(=O)(=O)c2ccc(C)cc2)CC1. The number of ether oxygens (including phenoxy) is 2. The third-order valence-corrected chi connectivity index (χ3v) is 7.09. The molecule has 1 heterocycles. The van der Waals surface area contributed by atoms with Crippen molar-refractivity contribution in [2.75, 3.05) is 33.3 Å². The van der Waals surface area contributed by atoms with Crippen molar-refractivity contribution in [1.29, 1.82) is 0 Å².